The summed E-state index contributed by atoms with van der Waals surface area (Å²) in [7, 11) is 0. The van der Waals surface area contributed by atoms with Crippen LogP contribution >= 0.6 is 23.1 Å². The predicted octanol–water partition coefficient (Wildman–Crippen LogP) is 5.70. The van der Waals surface area contributed by atoms with E-state index in [9.17, 15) is 9.18 Å². The van der Waals surface area contributed by atoms with Gasteiger partial charge in [0.05, 0.1) is 5.69 Å². The molecule has 3 rings (SSSR count). The number of carbonyl (C=O) groups excluding carboxylic acids is 1. The molecule has 128 valence electrons. The SMILES string of the molecule is CC(C)Sc1ccc(C(=O)Nc2nc(-c3ccc(F)cc3)cs2)cc1. The fourth-order valence-corrected chi connectivity index (χ4v) is 3.76. The summed E-state index contributed by atoms with van der Waals surface area (Å²) in [4.78, 5) is 17.9. The first kappa shape index (κ1) is 17.6. The Hall–Kier alpha value is -2.18. The molecule has 1 heterocycles. The Balaban J connectivity index is 1.68. The van der Waals surface area contributed by atoms with Gasteiger partial charge in [-0.1, -0.05) is 13.8 Å². The number of amides is 1. The van der Waals surface area contributed by atoms with E-state index in [1.807, 2.05) is 29.6 Å². The molecular formula is C19H17FN2OS2. The summed E-state index contributed by atoms with van der Waals surface area (Å²) in [6, 6.07) is 13.6. The predicted molar refractivity (Wildman–Crippen MR) is 103 cm³/mol. The van der Waals surface area contributed by atoms with E-state index >= 15 is 0 Å². The Morgan fingerprint density at radius 2 is 1.80 bits per heavy atom. The lowest BCUT2D eigenvalue weighted by Gasteiger charge is -2.06. The second-order valence-electron chi connectivity index (χ2n) is 5.69. The summed E-state index contributed by atoms with van der Waals surface area (Å²) >= 11 is 3.10. The van der Waals surface area contributed by atoms with Crippen LogP contribution in [0.25, 0.3) is 11.3 Å². The summed E-state index contributed by atoms with van der Waals surface area (Å²) in [6.07, 6.45) is 0. The Bertz CT molecular complexity index is 858. The van der Waals surface area contributed by atoms with Crippen LogP contribution in [-0.2, 0) is 0 Å². The number of nitrogens with one attached hydrogen (secondary N) is 1. The number of halogens is 1. The lowest BCUT2D eigenvalue weighted by molar-refractivity contribution is 0.102. The van der Waals surface area contributed by atoms with E-state index in [0.29, 0.717) is 21.6 Å². The van der Waals surface area contributed by atoms with Gasteiger partial charge < -0.3 is 0 Å². The molecule has 0 aliphatic heterocycles. The zero-order valence-corrected chi connectivity index (χ0v) is 15.5. The summed E-state index contributed by atoms with van der Waals surface area (Å²) in [5.74, 6) is -0.479. The van der Waals surface area contributed by atoms with Gasteiger partial charge in [0.15, 0.2) is 5.13 Å². The molecule has 0 saturated heterocycles. The van der Waals surface area contributed by atoms with Crippen molar-refractivity contribution >= 4 is 34.1 Å². The summed E-state index contributed by atoms with van der Waals surface area (Å²) in [5, 5.41) is 5.66. The molecule has 0 bridgehead atoms. The van der Waals surface area contributed by atoms with E-state index in [4.69, 9.17) is 0 Å². The monoisotopic (exact) mass is 372 g/mol. The third-order valence-corrected chi connectivity index (χ3v) is 5.13. The van der Waals surface area contributed by atoms with Gasteiger partial charge in [-0.15, -0.1) is 23.1 Å². The minimum Gasteiger partial charge on any atom is -0.298 e. The van der Waals surface area contributed by atoms with Crippen molar-refractivity contribution in [1.29, 1.82) is 0 Å². The third-order valence-electron chi connectivity index (χ3n) is 3.35. The van der Waals surface area contributed by atoms with Crippen LogP contribution < -0.4 is 5.32 Å². The Morgan fingerprint density at radius 3 is 2.44 bits per heavy atom. The van der Waals surface area contributed by atoms with Crippen LogP contribution in [0.5, 0.6) is 0 Å². The van der Waals surface area contributed by atoms with Gasteiger partial charge in [0.1, 0.15) is 5.82 Å². The minimum absolute atomic E-state index is 0.193. The summed E-state index contributed by atoms with van der Waals surface area (Å²) in [5.41, 5.74) is 2.11. The van der Waals surface area contributed by atoms with Crippen molar-refractivity contribution in [2.24, 2.45) is 0 Å². The van der Waals surface area contributed by atoms with E-state index in [0.717, 1.165) is 10.5 Å². The highest BCUT2D eigenvalue weighted by Gasteiger charge is 2.10. The van der Waals surface area contributed by atoms with Crippen LogP contribution in [0.15, 0.2) is 58.8 Å². The molecule has 6 heteroatoms. The van der Waals surface area contributed by atoms with Crippen LogP contribution in [0.2, 0.25) is 0 Å². The molecule has 1 N–H and O–H groups in total. The number of benzene rings is 2. The van der Waals surface area contributed by atoms with Crippen molar-refractivity contribution in [1.82, 2.24) is 4.98 Å². The van der Waals surface area contributed by atoms with E-state index in [1.165, 1.54) is 23.5 Å². The molecule has 1 aromatic heterocycles. The maximum atomic E-state index is 13.0. The summed E-state index contributed by atoms with van der Waals surface area (Å²) < 4.78 is 13.0. The smallest absolute Gasteiger partial charge is 0.257 e. The average molecular weight is 372 g/mol. The van der Waals surface area contributed by atoms with Gasteiger partial charge in [-0.3, -0.25) is 10.1 Å². The molecular weight excluding hydrogens is 355 g/mol. The van der Waals surface area contributed by atoms with E-state index in [1.54, 1.807) is 23.9 Å². The molecule has 0 atom stereocenters. The van der Waals surface area contributed by atoms with Gasteiger partial charge >= 0.3 is 0 Å². The molecule has 0 aliphatic carbocycles. The highest BCUT2D eigenvalue weighted by Crippen LogP contribution is 2.26. The number of carbonyl (C=O) groups is 1. The maximum Gasteiger partial charge on any atom is 0.257 e. The van der Waals surface area contributed by atoms with Gasteiger partial charge in [-0.2, -0.15) is 0 Å². The number of aromatic nitrogens is 1. The normalized spacial score (nSPS) is 10.9. The second kappa shape index (κ2) is 7.80. The number of hydrogen-bond donors (Lipinski definition) is 1. The standard InChI is InChI=1S/C19H17FN2OS2/c1-12(2)25-16-9-5-14(6-10-16)18(23)22-19-21-17(11-24-19)13-3-7-15(20)8-4-13/h3-12H,1-2H3,(H,21,22,23). The number of hydrogen-bond acceptors (Lipinski definition) is 4. The number of nitrogens with zero attached hydrogens (tertiary/aromatic N) is 1. The zero-order valence-electron chi connectivity index (χ0n) is 13.8. The quantitative estimate of drug-likeness (QED) is 0.584. The molecule has 0 radical (unpaired) electrons. The molecule has 25 heavy (non-hydrogen) atoms. The van der Waals surface area contributed by atoms with Crippen LogP contribution in [0.4, 0.5) is 9.52 Å². The third kappa shape index (κ3) is 4.67. The zero-order chi connectivity index (χ0) is 17.8. The molecule has 2 aromatic carbocycles. The molecule has 3 nitrogen and oxygen atoms in total. The molecule has 0 unspecified atom stereocenters. The largest absolute Gasteiger partial charge is 0.298 e. The molecule has 3 aromatic rings. The van der Waals surface area contributed by atoms with Crippen LogP contribution in [0, 0.1) is 5.82 Å². The highest BCUT2D eigenvalue weighted by atomic mass is 32.2. The van der Waals surface area contributed by atoms with Crippen molar-refractivity contribution in [3.05, 3.63) is 65.3 Å². The first-order valence-corrected chi connectivity index (χ1v) is 9.57. The fraction of sp³-hybridized carbons (Fsp3) is 0.158. The Kier molecular flexibility index (Phi) is 5.50. The Labute approximate surface area is 154 Å². The lowest BCUT2D eigenvalue weighted by atomic mass is 10.2. The highest BCUT2D eigenvalue weighted by molar-refractivity contribution is 7.99. The molecule has 0 fully saturated rings. The Morgan fingerprint density at radius 1 is 1.12 bits per heavy atom. The number of thioether (sulfide) groups is 1. The van der Waals surface area contributed by atoms with E-state index < -0.39 is 0 Å². The summed E-state index contributed by atoms with van der Waals surface area (Å²) in [6.45, 7) is 4.26. The molecule has 1 amide bonds. The number of thiazole rings is 1. The minimum atomic E-state index is -0.286. The van der Waals surface area contributed by atoms with Crippen molar-refractivity contribution in [3.63, 3.8) is 0 Å². The van der Waals surface area contributed by atoms with Gasteiger partial charge in [0.25, 0.3) is 5.91 Å². The topological polar surface area (TPSA) is 42.0 Å². The molecule has 0 aliphatic rings. The van der Waals surface area contributed by atoms with E-state index in [2.05, 4.69) is 24.1 Å². The van der Waals surface area contributed by atoms with Crippen molar-refractivity contribution in [3.8, 4) is 11.3 Å². The van der Waals surface area contributed by atoms with Gasteiger partial charge in [0.2, 0.25) is 0 Å². The first-order chi connectivity index (χ1) is 12.0. The van der Waals surface area contributed by atoms with Crippen molar-refractivity contribution in [2.45, 2.75) is 24.0 Å². The van der Waals surface area contributed by atoms with Crippen molar-refractivity contribution in [2.75, 3.05) is 5.32 Å². The fourth-order valence-electron chi connectivity index (χ4n) is 2.21. The molecule has 0 spiro atoms. The van der Waals surface area contributed by atoms with Crippen molar-refractivity contribution < 1.29 is 9.18 Å². The van der Waals surface area contributed by atoms with Gasteiger partial charge in [-0.25, -0.2) is 9.37 Å². The average Bonchev–Trinajstić information content (AvgIpc) is 3.04. The van der Waals surface area contributed by atoms with Gasteiger partial charge in [0, 0.05) is 26.7 Å². The lowest BCUT2D eigenvalue weighted by Crippen LogP contribution is -2.11. The number of rotatable bonds is 5. The maximum absolute atomic E-state index is 13.0. The van der Waals surface area contributed by atoms with Gasteiger partial charge in [-0.05, 0) is 48.5 Å². The van der Waals surface area contributed by atoms with Crippen LogP contribution in [-0.4, -0.2) is 16.1 Å². The first-order valence-electron chi connectivity index (χ1n) is 7.81. The van der Waals surface area contributed by atoms with Crippen LogP contribution in [0.3, 0.4) is 0 Å². The van der Waals surface area contributed by atoms with Crippen LogP contribution in [0.1, 0.15) is 24.2 Å². The van der Waals surface area contributed by atoms with E-state index in [-0.39, 0.29) is 11.7 Å². The second-order valence-corrected chi connectivity index (χ2v) is 8.20. The molecule has 0 saturated carbocycles. The number of anilines is 1.